The fraction of sp³-hybridized carbons (Fsp3) is 0.143. The molecule has 0 bridgehead atoms. The van der Waals surface area contributed by atoms with E-state index in [1.807, 2.05) is 0 Å². The molecule has 0 aliphatic carbocycles. The molecular formula is C7H6ClNO2. The van der Waals surface area contributed by atoms with Gasteiger partial charge in [-0.15, -0.1) is 0 Å². The molecule has 0 amide bonds. The minimum Gasteiger partial charge on any atom is -0.465 e. The molecule has 58 valence electrons. The third-order valence-electron chi connectivity index (χ3n) is 1.09. The van der Waals surface area contributed by atoms with E-state index in [0.717, 1.165) is 0 Å². The third-order valence-corrected chi connectivity index (χ3v) is 1.28. The van der Waals surface area contributed by atoms with Crippen LogP contribution in [0, 0.1) is 0 Å². The van der Waals surface area contributed by atoms with E-state index in [9.17, 15) is 4.79 Å². The van der Waals surface area contributed by atoms with Crippen molar-refractivity contribution in [2.24, 2.45) is 0 Å². The summed E-state index contributed by atoms with van der Waals surface area (Å²) < 4.78 is 11.6. The maximum absolute atomic E-state index is 10.9. The number of methoxy groups -OCH3 is 1. The van der Waals surface area contributed by atoms with Gasteiger partial charge < -0.3 is 4.74 Å². The monoisotopic (exact) mass is 172 g/mol. The van der Waals surface area contributed by atoms with Gasteiger partial charge in [0.1, 0.15) is 5.15 Å². The number of pyridine rings is 1. The minimum absolute atomic E-state index is 0.0529. The first-order chi connectivity index (χ1) is 5.63. The second-order valence-electron chi connectivity index (χ2n) is 1.80. The zero-order chi connectivity index (χ0) is 9.14. The van der Waals surface area contributed by atoms with Gasteiger partial charge in [-0.3, -0.25) is 0 Å². The molecule has 3 nitrogen and oxygen atoms in total. The van der Waals surface area contributed by atoms with E-state index in [4.69, 9.17) is 13.0 Å². The number of carbonyl (C=O) groups is 1. The molecule has 0 saturated carbocycles. The maximum atomic E-state index is 10.9. The van der Waals surface area contributed by atoms with Crippen molar-refractivity contribution in [2.45, 2.75) is 0 Å². The lowest BCUT2D eigenvalue weighted by Gasteiger charge is -1.96. The Bertz CT molecular complexity index is 296. The lowest BCUT2D eigenvalue weighted by atomic mass is 10.3. The number of hydrogen-bond donors (Lipinski definition) is 0. The van der Waals surface area contributed by atoms with Crippen molar-refractivity contribution in [3.8, 4) is 0 Å². The number of aromatic nitrogens is 1. The Kier molecular flexibility index (Phi) is 2.01. The molecule has 0 N–H and O–H groups in total. The Morgan fingerprint density at radius 1 is 1.91 bits per heavy atom. The van der Waals surface area contributed by atoms with Crippen LogP contribution in [0.1, 0.15) is 11.7 Å². The average Bonchev–Trinajstić information content (AvgIpc) is 2.01. The molecule has 0 saturated heterocycles. The van der Waals surface area contributed by atoms with Crippen LogP contribution in [0.4, 0.5) is 0 Å². The zero-order valence-corrected chi connectivity index (χ0v) is 6.55. The highest BCUT2D eigenvalue weighted by molar-refractivity contribution is 6.29. The van der Waals surface area contributed by atoms with Crippen molar-refractivity contribution in [2.75, 3.05) is 7.11 Å². The second-order valence-corrected chi connectivity index (χ2v) is 2.19. The molecule has 4 heteroatoms. The van der Waals surface area contributed by atoms with Gasteiger partial charge in [0, 0.05) is 6.17 Å². The van der Waals surface area contributed by atoms with Gasteiger partial charge in [-0.2, -0.15) is 0 Å². The first-order valence-corrected chi connectivity index (χ1v) is 3.24. The molecule has 0 fully saturated rings. The molecule has 1 heterocycles. The van der Waals surface area contributed by atoms with Gasteiger partial charge in [0.15, 0.2) is 0 Å². The Morgan fingerprint density at radius 3 is 3.18 bits per heavy atom. The first-order valence-electron chi connectivity index (χ1n) is 3.36. The quantitative estimate of drug-likeness (QED) is 0.476. The summed E-state index contributed by atoms with van der Waals surface area (Å²) in [5.41, 5.74) is 0.238. The predicted molar refractivity (Wildman–Crippen MR) is 40.6 cm³/mol. The van der Waals surface area contributed by atoms with Crippen LogP contribution in [0.3, 0.4) is 0 Å². The second kappa shape index (κ2) is 3.34. The van der Waals surface area contributed by atoms with Crippen LogP contribution in [0.2, 0.25) is 5.15 Å². The molecule has 0 aliphatic rings. The van der Waals surface area contributed by atoms with Crippen molar-refractivity contribution < 1.29 is 10.9 Å². The van der Waals surface area contributed by atoms with Gasteiger partial charge in [0.05, 0.1) is 14.0 Å². The van der Waals surface area contributed by atoms with Gasteiger partial charge in [0.2, 0.25) is 0 Å². The fourth-order valence-electron chi connectivity index (χ4n) is 0.601. The molecular weight excluding hydrogens is 166 g/mol. The molecule has 0 radical (unpaired) electrons. The molecule has 1 rings (SSSR count). The van der Waals surface area contributed by atoms with E-state index in [0.29, 0.717) is 0 Å². The average molecular weight is 173 g/mol. The molecule has 0 aromatic carbocycles. The van der Waals surface area contributed by atoms with Gasteiger partial charge in [-0.1, -0.05) is 11.6 Å². The normalized spacial score (nSPS) is 10.5. The van der Waals surface area contributed by atoms with Crippen molar-refractivity contribution >= 4 is 17.6 Å². The van der Waals surface area contributed by atoms with Crippen molar-refractivity contribution in [1.29, 1.82) is 0 Å². The first kappa shape index (κ1) is 6.61. The highest BCUT2D eigenvalue weighted by atomic mass is 35.5. The molecule has 0 unspecified atom stereocenters. The molecule has 0 spiro atoms. The van der Waals surface area contributed by atoms with Crippen LogP contribution < -0.4 is 0 Å². The topological polar surface area (TPSA) is 39.2 Å². The Balaban J connectivity index is 3.08. The van der Waals surface area contributed by atoms with Gasteiger partial charge >= 0.3 is 5.97 Å². The van der Waals surface area contributed by atoms with Crippen molar-refractivity contribution in [1.82, 2.24) is 4.98 Å². The number of halogens is 1. The minimum atomic E-state index is -0.521. The Labute approximate surface area is 70.4 Å². The number of carbonyl (C=O) groups excluding carboxylic acids is 1. The fourth-order valence-corrected chi connectivity index (χ4v) is 0.768. The summed E-state index contributed by atoms with van der Waals surface area (Å²) >= 11 is 5.51. The van der Waals surface area contributed by atoms with E-state index < -0.39 is 5.97 Å². The molecule has 1 aromatic heterocycles. The molecule has 0 aliphatic heterocycles. The molecule has 11 heavy (non-hydrogen) atoms. The Morgan fingerprint density at radius 2 is 2.64 bits per heavy atom. The highest BCUT2D eigenvalue weighted by Gasteiger charge is 2.04. The van der Waals surface area contributed by atoms with Crippen LogP contribution >= 0.6 is 11.6 Å². The van der Waals surface area contributed by atoms with Crippen LogP contribution in [0.5, 0.6) is 0 Å². The van der Waals surface area contributed by atoms with E-state index >= 15 is 0 Å². The maximum Gasteiger partial charge on any atom is 0.338 e. The summed E-state index contributed by atoms with van der Waals surface area (Å²) in [5.74, 6) is -0.521. The number of nitrogens with zero attached hydrogens (tertiary/aromatic N) is 1. The smallest absolute Gasteiger partial charge is 0.338 e. The van der Waals surface area contributed by atoms with Gasteiger partial charge in [0.25, 0.3) is 0 Å². The summed E-state index contributed by atoms with van der Waals surface area (Å²) in [4.78, 5) is 14.5. The summed E-state index contributed by atoms with van der Waals surface area (Å²) in [6, 6.07) is 2.64. The lowest BCUT2D eigenvalue weighted by molar-refractivity contribution is 0.0600. The predicted octanol–water partition coefficient (Wildman–Crippen LogP) is 1.52. The number of rotatable bonds is 1. The molecule has 0 atom stereocenters. The van der Waals surface area contributed by atoms with E-state index in [-0.39, 0.29) is 16.9 Å². The van der Waals surface area contributed by atoms with Crippen LogP contribution in [0.25, 0.3) is 0 Å². The van der Waals surface area contributed by atoms with E-state index in [1.165, 1.54) is 19.2 Å². The summed E-state index contributed by atoms with van der Waals surface area (Å²) in [7, 11) is 1.26. The number of hydrogen-bond acceptors (Lipinski definition) is 3. The largest absolute Gasteiger partial charge is 0.465 e. The lowest BCUT2D eigenvalue weighted by Crippen LogP contribution is -2.00. The van der Waals surface area contributed by atoms with Crippen LogP contribution in [-0.4, -0.2) is 18.1 Å². The summed E-state index contributed by atoms with van der Waals surface area (Å²) in [6.45, 7) is 0. The number of ether oxygens (including phenoxy) is 1. The van der Waals surface area contributed by atoms with Crippen molar-refractivity contribution in [3.05, 3.63) is 29.0 Å². The Hall–Kier alpha value is -1.09. The van der Waals surface area contributed by atoms with Crippen LogP contribution in [0.15, 0.2) is 18.3 Å². The van der Waals surface area contributed by atoms with Crippen LogP contribution in [-0.2, 0) is 4.74 Å². The summed E-state index contributed by atoms with van der Waals surface area (Å²) in [6.07, 6.45) is -0.0529. The third kappa shape index (κ3) is 1.91. The SMILES string of the molecule is [2H]c1cc(C(=O)OC)cc(Cl)n1. The van der Waals surface area contributed by atoms with E-state index in [2.05, 4.69) is 9.72 Å². The van der Waals surface area contributed by atoms with Crippen molar-refractivity contribution in [3.63, 3.8) is 0 Å². The number of esters is 1. The summed E-state index contributed by atoms with van der Waals surface area (Å²) in [5, 5.41) is 0.114. The van der Waals surface area contributed by atoms with Gasteiger partial charge in [-0.05, 0) is 12.1 Å². The van der Waals surface area contributed by atoms with E-state index in [1.54, 1.807) is 0 Å². The zero-order valence-electron chi connectivity index (χ0n) is 6.80. The highest BCUT2D eigenvalue weighted by Crippen LogP contribution is 2.07. The molecule has 1 aromatic rings. The standard InChI is InChI=1S/C7H6ClNO2/c1-11-7(10)5-2-3-9-6(8)4-5/h2-4H,1H3/i3D. The van der Waals surface area contributed by atoms with Gasteiger partial charge in [-0.25, -0.2) is 9.78 Å².